The Kier molecular flexibility index (Phi) is 6.24. The van der Waals surface area contributed by atoms with Gasteiger partial charge in [-0.1, -0.05) is 49.4 Å². The lowest BCUT2D eigenvalue weighted by atomic mass is 10.1. The number of anilines is 2. The minimum atomic E-state index is 0.471. The fourth-order valence-corrected chi connectivity index (χ4v) is 3.17. The monoisotopic (exact) mass is 345 g/mol. The fraction of sp³-hybridized carbons (Fsp3) is 0.500. The highest BCUT2D eigenvalue weighted by atomic mass is 35.5. The molecule has 0 unspecified atom stereocenters. The van der Waals surface area contributed by atoms with Gasteiger partial charge in [0.1, 0.15) is 0 Å². The van der Waals surface area contributed by atoms with E-state index in [0.29, 0.717) is 12.0 Å². The summed E-state index contributed by atoms with van der Waals surface area (Å²) in [5.74, 6) is 1.38. The molecule has 1 aliphatic rings. The molecule has 1 heterocycles. The van der Waals surface area contributed by atoms with E-state index in [9.17, 15) is 0 Å². The van der Waals surface area contributed by atoms with Crippen LogP contribution in [0.25, 0.3) is 0 Å². The Morgan fingerprint density at radius 2 is 1.79 bits per heavy atom. The van der Waals surface area contributed by atoms with Crippen LogP contribution in [0.1, 0.15) is 44.1 Å². The second-order valence-electron chi connectivity index (χ2n) is 6.30. The van der Waals surface area contributed by atoms with Crippen molar-refractivity contribution in [3.05, 3.63) is 41.0 Å². The van der Waals surface area contributed by atoms with Crippen molar-refractivity contribution in [3.8, 4) is 0 Å². The molecule has 1 aromatic heterocycles. The molecule has 1 aromatic carbocycles. The van der Waals surface area contributed by atoms with Gasteiger partial charge in [0.15, 0.2) is 5.82 Å². The van der Waals surface area contributed by atoms with Gasteiger partial charge in [0.05, 0.1) is 6.20 Å². The van der Waals surface area contributed by atoms with Crippen molar-refractivity contribution in [3.63, 3.8) is 0 Å². The van der Waals surface area contributed by atoms with E-state index in [1.807, 2.05) is 24.3 Å². The predicted molar refractivity (Wildman–Crippen MR) is 98.6 cm³/mol. The standard InChI is InChI=1S/C18H24ClN5/c19-15-9-7-14(8-10-15)11-12-20-17-13-21-24-18(23-17)22-16-5-3-1-2-4-6-16/h7-10,13,16H,1-6,11-12H2,(H2,20,22,23,24). The number of hydrogen-bond acceptors (Lipinski definition) is 5. The van der Waals surface area contributed by atoms with Crippen LogP contribution in [0, 0.1) is 0 Å². The van der Waals surface area contributed by atoms with E-state index < -0.39 is 0 Å². The average molecular weight is 346 g/mol. The van der Waals surface area contributed by atoms with E-state index in [2.05, 4.69) is 25.8 Å². The first-order valence-corrected chi connectivity index (χ1v) is 9.12. The van der Waals surface area contributed by atoms with Crippen molar-refractivity contribution in [1.29, 1.82) is 0 Å². The number of rotatable bonds is 6. The van der Waals surface area contributed by atoms with Crippen LogP contribution in [0.5, 0.6) is 0 Å². The lowest BCUT2D eigenvalue weighted by Crippen LogP contribution is -2.20. The summed E-state index contributed by atoms with van der Waals surface area (Å²) in [6, 6.07) is 8.39. The van der Waals surface area contributed by atoms with Gasteiger partial charge in [-0.25, -0.2) is 0 Å². The Balaban J connectivity index is 1.50. The van der Waals surface area contributed by atoms with Crippen LogP contribution in [-0.4, -0.2) is 27.8 Å². The molecule has 0 aliphatic heterocycles. The molecule has 2 aromatic rings. The molecule has 3 rings (SSSR count). The molecular weight excluding hydrogens is 322 g/mol. The van der Waals surface area contributed by atoms with E-state index in [1.165, 1.54) is 44.1 Å². The Morgan fingerprint density at radius 1 is 1.04 bits per heavy atom. The molecule has 128 valence electrons. The minimum Gasteiger partial charge on any atom is -0.368 e. The molecule has 0 saturated heterocycles. The van der Waals surface area contributed by atoms with Gasteiger partial charge in [0.25, 0.3) is 0 Å². The molecule has 0 atom stereocenters. The number of nitrogens with one attached hydrogen (secondary N) is 2. The third-order valence-corrected chi connectivity index (χ3v) is 4.63. The fourth-order valence-electron chi connectivity index (χ4n) is 3.04. The summed E-state index contributed by atoms with van der Waals surface area (Å²) < 4.78 is 0. The van der Waals surface area contributed by atoms with Crippen LogP contribution in [0.3, 0.4) is 0 Å². The largest absolute Gasteiger partial charge is 0.368 e. The lowest BCUT2D eigenvalue weighted by molar-refractivity contribution is 0.613. The van der Waals surface area contributed by atoms with Crippen molar-refractivity contribution < 1.29 is 0 Å². The zero-order valence-electron chi connectivity index (χ0n) is 13.8. The van der Waals surface area contributed by atoms with Crippen molar-refractivity contribution in [1.82, 2.24) is 15.2 Å². The Hall–Kier alpha value is -1.88. The minimum absolute atomic E-state index is 0.471. The first-order chi connectivity index (χ1) is 11.8. The van der Waals surface area contributed by atoms with Crippen molar-refractivity contribution in [2.45, 2.75) is 51.0 Å². The molecule has 24 heavy (non-hydrogen) atoms. The van der Waals surface area contributed by atoms with Gasteiger partial charge in [-0.2, -0.15) is 10.1 Å². The van der Waals surface area contributed by atoms with Gasteiger partial charge in [-0.05, 0) is 37.0 Å². The van der Waals surface area contributed by atoms with Crippen molar-refractivity contribution >= 4 is 23.4 Å². The summed E-state index contributed by atoms with van der Waals surface area (Å²) in [6.45, 7) is 0.795. The third kappa shape index (κ3) is 5.34. The molecular formula is C18H24ClN5. The normalized spacial score (nSPS) is 15.7. The SMILES string of the molecule is Clc1ccc(CCNc2cnnc(NC3CCCCCC3)n2)cc1. The summed E-state index contributed by atoms with van der Waals surface area (Å²) in [5, 5.41) is 15.7. The number of benzene rings is 1. The van der Waals surface area contributed by atoms with Crippen LogP contribution in [0.4, 0.5) is 11.8 Å². The van der Waals surface area contributed by atoms with E-state index >= 15 is 0 Å². The molecule has 0 bridgehead atoms. The van der Waals surface area contributed by atoms with Crippen LogP contribution in [0.15, 0.2) is 30.5 Å². The Labute approximate surface area is 148 Å². The van der Waals surface area contributed by atoms with Crippen molar-refractivity contribution in [2.75, 3.05) is 17.2 Å². The smallest absolute Gasteiger partial charge is 0.244 e. The molecule has 5 nitrogen and oxygen atoms in total. The maximum absolute atomic E-state index is 5.90. The highest BCUT2D eigenvalue weighted by Crippen LogP contribution is 2.19. The third-order valence-electron chi connectivity index (χ3n) is 4.38. The first-order valence-electron chi connectivity index (χ1n) is 8.74. The molecule has 0 radical (unpaired) electrons. The molecule has 0 amide bonds. The van der Waals surface area contributed by atoms with Crippen LogP contribution in [0.2, 0.25) is 5.02 Å². The average Bonchev–Trinajstić information content (AvgIpc) is 2.86. The van der Waals surface area contributed by atoms with Gasteiger partial charge < -0.3 is 10.6 Å². The van der Waals surface area contributed by atoms with E-state index in [1.54, 1.807) is 6.20 Å². The quantitative estimate of drug-likeness (QED) is 0.763. The zero-order chi connectivity index (χ0) is 16.6. The molecule has 0 spiro atoms. The Bertz CT molecular complexity index is 624. The van der Waals surface area contributed by atoms with Crippen LogP contribution < -0.4 is 10.6 Å². The first kappa shape index (κ1) is 17.0. The summed E-state index contributed by atoms with van der Waals surface area (Å²) in [7, 11) is 0. The topological polar surface area (TPSA) is 62.7 Å². The summed E-state index contributed by atoms with van der Waals surface area (Å²) in [5.41, 5.74) is 1.24. The van der Waals surface area contributed by atoms with Crippen LogP contribution >= 0.6 is 11.6 Å². The highest BCUT2D eigenvalue weighted by molar-refractivity contribution is 6.30. The van der Waals surface area contributed by atoms with E-state index in [0.717, 1.165) is 23.8 Å². The second-order valence-corrected chi connectivity index (χ2v) is 6.74. The van der Waals surface area contributed by atoms with E-state index in [-0.39, 0.29) is 0 Å². The molecule has 2 N–H and O–H groups in total. The number of halogens is 1. The highest BCUT2D eigenvalue weighted by Gasteiger charge is 2.13. The predicted octanol–water partition coefficient (Wildman–Crippen LogP) is 4.31. The zero-order valence-corrected chi connectivity index (χ0v) is 14.6. The molecule has 1 aliphatic carbocycles. The van der Waals surface area contributed by atoms with Gasteiger partial charge >= 0.3 is 0 Å². The van der Waals surface area contributed by atoms with E-state index in [4.69, 9.17) is 11.6 Å². The summed E-state index contributed by atoms with van der Waals surface area (Å²) >= 11 is 5.90. The molecule has 1 fully saturated rings. The maximum atomic E-state index is 5.90. The summed E-state index contributed by atoms with van der Waals surface area (Å²) in [6.07, 6.45) is 10.2. The van der Waals surface area contributed by atoms with Crippen LogP contribution in [-0.2, 0) is 6.42 Å². The molecule has 6 heteroatoms. The van der Waals surface area contributed by atoms with Gasteiger partial charge in [0.2, 0.25) is 5.95 Å². The number of hydrogen-bond donors (Lipinski definition) is 2. The maximum Gasteiger partial charge on any atom is 0.244 e. The van der Waals surface area contributed by atoms with Crippen molar-refractivity contribution in [2.24, 2.45) is 0 Å². The van der Waals surface area contributed by atoms with Gasteiger partial charge in [0, 0.05) is 17.6 Å². The number of nitrogens with zero attached hydrogens (tertiary/aromatic N) is 3. The Morgan fingerprint density at radius 3 is 2.54 bits per heavy atom. The van der Waals surface area contributed by atoms with Gasteiger partial charge in [-0.15, -0.1) is 5.10 Å². The summed E-state index contributed by atoms with van der Waals surface area (Å²) in [4.78, 5) is 4.53. The van der Waals surface area contributed by atoms with Gasteiger partial charge in [-0.3, -0.25) is 0 Å². The molecule has 1 saturated carbocycles. The number of aromatic nitrogens is 3. The second kappa shape index (κ2) is 8.83. The lowest BCUT2D eigenvalue weighted by Gasteiger charge is -2.16.